The summed E-state index contributed by atoms with van der Waals surface area (Å²) in [6.07, 6.45) is -3.52. The molecule has 2 saturated carbocycles. The number of carbonyl (C=O) groups is 4. The van der Waals surface area contributed by atoms with Gasteiger partial charge < -0.3 is 34.3 Å². The molecule has 2 saturated heterocycles. The highest BCUT2D eigenvalue weighted by Gasteiger charge is 2.83. The summed E-state index contributed by atoms with van der Waals surface area (Å²) in [5, 5.41) is 33.1. The number of hydrogen-bond donors (Lipinski definition) is 3. The molecule has 194 valence electrons. The average Bonchev–Trinajstić information content (AvgIpc) is 3.13. The van der Waals surface area contributed by atoms with Crippen molar-refractivity contribution in [3.8, 4) is 0 Å². The van der Waals surface area contributed by atoms with Gasteiger partial charge in [0.05, 0.1) is 25.7 Å². The van der Waals surface area contributed by atoms with Gasteiger partial charge in [-0.25, -0.2) is 14.4 Å². The quantitative estimate of drug-likeness (QED) is 0.270. The summed E-state index contributed by atoms with van der Waals surface area (Å²) in [4.78, 5) is 51.5. The van der Waals surface area contributed by atoms with Crippen molar-refractivity contribution in [3.63, 3.8) is 0 Å². The number of methoxy groups -OCH3 is 1. The molecule has 0 aromatic heterocycles. The third-order valence-electron chi connectivity index (χ3n) is 8.49. The SMILES string of the molecule is COC(=O)[C@@]12OC[C@]34[C@H]([C@@H](O)[C@@H]1O)[C@@H]1C=C(O)C(=O)C(C)=C1C[C@H]3OC(=O)[C@H](OC(=O)C=C(C)C)[C@@H]24. The fraction of sp³-hybridized carbons (Fsp3) is 0.600. The van der Waals surface area contributed by atoms with Gasteiger partial charge in [0.2, 0.25) is 17.5 Å². The smallest absolute Gasteiger partial charge is 0.348 e. The summed E-state index contributed by atoms with van der Waals surface area (Å²) >= 11 is 0. The van der Waals surface area contributed by atoms with E-state index in [0.29, 0.717) is 11.1 Å². The maximum atomic E-state index is 13.3. The van der Waals surface area contributed by atoms with E-state index in [2.05, 4.69) is 0 Å². The average molecular weight is 504 g/mol. The molecule has 0 unspecified atom stereocenters. The Balaban J connectivity index is 1.73. The van der Waals surface area contributed by atoms with Gasteiger partial charge in [-0.15, -0.1) is 0 Å². The van der Waals surface area contributed by atoms with Crippen molar-refractivity contribution in [1.82, 2.24) is 0 Å². The minimum atomic E-state index is -2.22. The Morgan fingerprint density at radius 3 is 2.56 bits per heavy atom. The van der Waals surface area contributed by atoms with Crippen LogP contribution in [0.15, 0.2) is 34.6 Å². The molecule has 0 amide bonds. The van der Waals surface area contributed by atoms with Gasteiger partial charge in [-0.1, -0.05) is 11.1 Å². The number of aliphatic hydroxyl groups excluding tert-OH is 3. The largest absolute Gasteiger partial charge is 0.504 e. The summed E-state index contributed by atoms with van der Waals surface area (Å²) < 4.78 is 22.2. The molecule has 9 atom stereocenters. The first-order valence-corrected chi connectivity index (χ1v) is 11.7. The molecule has 2 heterocycles. The molecule has 3 N–H and O–H groups in total. The van der Waals surface area contributed by atoms with Crippen LogP contribution in [0.4, 0.5) is 0 Å². The fourth-order valence-corrected chi connectivity index (χ4v) is 7.13. The lowest BCUT2D eigenvalue weighted by Gasteiger charge is -2.62. The van der Waals surface area contributed by atoms with Crippen molar-refractivity contribution >= 4 is 23.7 Å². The lowest BCUT2D eigenvalue weighted by molar-refractivity contribution is -0.265. The van der Waals surface area contributed by atoms with E-state index in [1.54, 1.807) is 13.8 Å². The number of Topliss-reactive ketones (excluding diaryl/α,β-unsaturated/α-hetero) is 1. The van der Waals surface area contributed by atoms with Gasteiger partial charge in [0.25, 0.3) is 0 Å². The van der Waals surface area contributed by atoms with Crippen LogP contribution in [0.3, 0.4) is 0 Å². The molecule has 5 rings (SSSR count). The van der Waals surface area contributed by atoms with E-state index in [4.69, 9.17) is 18.9 Å². The standard InChI is InChI=1S/C25H28O11/c1-9(2)5-15(27)36-19-20-24-8-34-25(20,23(32)33-4)21(30)18(29)16(24)12-6-13(26)17(28)10(3)11(12)7-14(24)35-22(19)31/h5-6,12,14,16,18-21,26,29-30H,7-8H2,1-4H3/t12-,14-,16+,18-,19-,20-,21+,24-,25+/m1/s1. The maximum absolute atomic E-state index is 13.3. The number of allylic oxidation sites excluding steroid dienone is 3. The summed E-state index contributed by atoms with van der Waals surface area (Å²) in [7, 11) is 1.08. The molecule has 36 heavy (non-hydrogen) atoms. The van der Waals surface area contributed by atoms with Crippen molar-refractivity contribution in [1.29, 1.82) is 0 Å². The van der Waals surface area contributed by atoms with Crippen LogP contribution in [0.2, 0.25) is 0 Å². The third-order valence-corrected chi connectivity index (χ3v) is 8.49. The van der Waals surface area contributed by atoms with Crippen LogP contribution in [0.5, 0.6) is 0 Å². The van der Waals surface area contributed by atoms with E-state index in [0.717, 1.165) is 7.11 Å². The van der Waals surface area contributed by atoms with Crippen LogP contribution in [-0.2, 0) is 38.1 Å². The molecular weight excluding hydrogens is 476 g/mol. The first-order chi connectivity index (χ1) is 16.9. The topological polar surface area (TPSA) is 166 Å². The summed E-state index contributed by atoms with van der Waals surface area (Å²) in [5.41, 5.74) is -2.11. The van der Waals surface area contributed by atoms with E-state index < -0.39 is 82.6 Å². The number of rotatable bonds is 3. The van der Waals surface area contributed by atoms with Gasteiger partial charge >= 0.3 is 17.9 Å². The van der Waals surface area contributed by atoms with Gasteiger partial charge in [-0.3, -0.25) is 4.79 Å². The predicted octanol–water partition coefficient (Wildman–Crippen LogP) is 0.0470. The number of ether oxygens (including phenoxy) is 4. The Morgan fingerprint density at radius 1 is 1.22 bits per heavy atom. The van der Waals surface area contributed by atoms with Crippen LogP contribution in [0.25, 0.3) is 0 Å². The second-order valence-corrected chi connectivity index (χ2v) is 10.4. The molecular formula is C25H28O11. The predicted molar refractivity (Wildman–Crippen MR) is 118 cm³/mol. The zero-order valence-electron chi connectivity index (χ0n) is 20.2. The van der Waals surface area contributed by atoms with Crippen molar-refractivity contribution < 1.29 is 53.4 Å². The van der Waals surface area contributed by atoms with Crippen LogP contribution in [0, 0.1) is 23.2 Å². The number of fused-ring (bicyclic) bond motifs is 2. The summed E-state index contributed by atoms with van der Waals surface area (Å²) in [6, 6.07) is 0. The zero-order chi connectivity index (χ0) is 26.3. The second kappa shape index (κ2) is 7.99. The van der Waals surface area contributed by atoms with Crippen LogP contribution < -0.4 is 0 Å². The lowest BCUT2D eigenvalue weighted by Crippen LogP contribution is -2.77. The number of aliphatic hydroxyl groups is 3. The molecule has 0 aromatic rings. The summed E-state index contributed by atoms with van der Waals surface area (Å²) in [5.74, 6) is -6.84. The number of hydrogen-bond acceptors (Lipinski definition) is 11. The first-order valence-electron chi connectivity index (χ1n) is 11.7. The third kappa shape index (κ3) is 2.90. The molecule has 11 heteroatoms. The Morgan fingerprint density at radius 2 is 1.92 bits per heavy atom. The van der Waals surface area contributed by atoms with E-state index in [1.807, 2.05) is 0 Å². The van der Waals surface area contributed by atoms with E-state index >= 15 is 0 Å². The zero-order valence-corrected chi connectivity index (χ0v) is 20.2. The van der Waals surface area contributed by atoms with Gasteiger partial charge in [0, 0.05) is 35.3 Å². The van der Waals surface area contributed by atoms with Crippen LogP contribution in [0.1, 0.15) is 27.2 Å². The molecule has 5 aliphatic rings. The van der Waals surface area contributed by atoms with E-state index in [-0.39, 0.29) is 18.6 Å². The molecule has 2 aliphatic heterocycles. The summed E-state index contributed by atoms with van der Waals surface area (Å²) in [6.45, 7) is 4.63. The molecule has 1 spiro atoms. The van der Waals surface area contributed by atoms with Crippen molar-refractivity contribution in [2.45, 2.75) is 57.2 Å². The number of esters is 3. The Kier molecular flexibility index (Phi) is 5.47. The highest BCUT2D eigenvalue weighted by Crippen LogP contribution is 2.68. The first kappa shape index (κ1) is 24.7. The number of ketones is 1. The molecule has 0 radical (unpaired) electrons. The normalized spacial score (nSPS) is 42.5. The Hall–Kier alpha value is -3.02. The van der Waals surface area contributed by atoms with Gasteiger partial charge in [0.1, 0.15) is 12.2 Å². The maximum Gasteiger partial charge on any atom is 0.348 e. The minimum Gasteiger partial charge on any atom is -0.504 e. The highest BCUT2D eigenvalue weighted by atomic mass is 16.6. The van der Waals surface area contributed by atoms with Gasteiger partial charge in [-0.2, -0.15) is 0 Å². The molecule has 11 nitrogen and oxygen atoms in total. The van der Waals surface area contributed by atoms with E-state index in [9.17, 15) is 34.5 Å². The van der Waals surface area contributed by atoms with Crippen LogP contribution >= 0.6 is 0 Å². The van der Waals surface area contributed by atoms with E-state index in [1.165, 1.54) is 19.1 Å². The molecule has 2 bridgehead atoms. The van der Waals surface area contributed by atoms with Crippen molar-refractivity contribution in [2.24, 2.45) is 23.2 Å². The van der Waals surface area contributed by atoms with Crippen LogP contribution in [-0.4, -0.2) is 82.7 Å². The molecule has 3 aliphatic carbocycles. The fourth-order valence-electron chi connectivity index (χ4n) is 7.13. The van der Waals surface area contributed by atoms with Crippen molar-refractivity contribution in [2.75, 3.05) is 13.7 Å². The second-order valence-electron chi connectivity index (χ2n) is 10.4. The van der Waals surface area contributed by atoms with Gasteiger partial charge in [0.15, 0.2) is 5.76 Å². The molecule has 4 fully saturated rings. The Labute approximate surface area is 206 Å². The number of carbonyl (C=O) groups excluding carboxylic acids is 4. The minimum absolute atomic E-state index is 0.0722. The molecule has 0 aromatic carbocycles. The van der Waals surface area contributed by atoms with Crippen molar-refractivity contribution in [3.05, 3.63) is 34.6 Å². The lowest BCUT2D eigenvalue weighted by atomic mass is 9.44. The highest BCUT2D eigenvalue weighted by molar-refractivity contribution is 6.07. The monoisotopic (exact) mass is 504 g/mol. The Bertz CT molecular complexity index is 1160. The van der Waals surface area contributed by atoms with Gasteiger partial charge in [-0.05, 0) is 26.8 Å².